The van der Waals surface area contributed by atoms with Crippen LogP contribution < -0.4 is 19.5 Å². The van der Waals surface area contributed by atoms with E-state index in [1.807, 2.05) is 6.07 Å². The van der Waals surface area contributed by atoms with Crippen LogP contribution in [0.1, 0.15) is 56.4 Å². The van der Waals surface area contributed by atoms with Gasteiger partial charge in [-0.15, -0.1) is 0 Å². The van der Waals surface area contributed by atoms with Crippen LogP contribution in [0.2, 0.25) is 10.0 Å². The van der Waals surface area contributed by atoms with E-state index in [0.717, 1.165) is 30.8 Å². The molecule has 45 heavy (non-hydrogen) atoms. The molecule has 0 spiro atoms. The van der Waals surface area contributed by atoms with E-state index in [4.69, 9.17) is 37.4 Å². The molecule has 1 aliphatic carbocycles. The molecule has 2 aromatic carbocycles. The highest BCUT2D eigenvalue weighted by atomic mass is 35.5. The van der Waals surface area contributed by atoms with Crippen molar-refractivity contribution >= 4 is 35.3 Å². The Hall–Kier alpha value is -3.83. The molecule has 0 saturated heterocycles. The Labute approximate surface area is 269 Å². The molecule has 13 heteroatoms. The van der Waals surface area contributed by atoms with Gasteiger partial charge in [-0.05, 0) is 62.8 Å². The zero-order chi connectivity index (χ0) is 32.7. The predicted octanol–water partition coefficient (Wildman–Crippen LogP) is 6.98. The lowest BCUT2D eigenvalue weighted by atomic mass is 10.0. The molecule has 1 aromatic heterocycles. The second kappa shape index (κ2) is 15.0. The highest BCUT2D eigenvalue weighted by Gasteiger charge is 2.31. The van der Waals surface area contributed by atoms with Gasteiger partial charge in [0.05, 0.1) is 6.61 Å². The Balaban J connectivity index is 1.69. The Morgan fingerprint density at radius 3 is 2.29 bits per heavy atom. The van der Waals surface area contributed by atoms with Crippen LogP contribution in [-0.2, 0) is 27.1 Å². The summed E-state index contributed by atoms with van der Waals surface area (Å²) in [6.07, 6.45) is 2.17. The zero-order valence-electron chi connectivity index (χ0n) is 24.9. The molecule has 1 aliphatic rings. The molecule has 9 nitrogen and oxygen atoms in total. The first-order chi connectivity index (χ1) is 21.3. The Bertz CT molecular complexity index is 1460. The maximum absolute atomic E-state index is 13.8. The minimum absolute atomic E-state index is 0.0223. The minimum Gasteiger partial charge on any atom is -0.619 e. The summed E-state index contributed by atoms with van der Waals surface area (Å²) in [4.78, 5) is 26.5. The lowest BCUT2D eigenvalue weighted by Crippen LogP contribution is -2.45. The van der Waals surface area contributed by atoms with Gasteiger partial charge in [0.1, 0.15) is 27.8 Å². The Kier molecular flexibility index (Phi) is 11.3. The van der Waals surface area contributed by atoms with Gasteiger partial charge in [0.25, 0.3) is 0 Å². The molecule has 0 bridgehead atoms. The summed E-state index contributed by atoms with van der Waals surface area (Å²) in [5, 5.41) is 14.5. The van der Waals surface area contributed by atoms with Crippen LogP contribution in [0.3, 0.4) is 0 Å². The smallest absolute Gasteiger partial charge is 0.408 e. The first-order valence-electron chi connectivity index (χ1n) is 14.3. The van der Waals surface area contributed by atoms with E-state index < -0.39 is 36.4 Å². The molecule has 2 atom stereocenters. The summed E-state index contributed by atoms with van der Waals surface area (Å²) in [5.74, 6) is -0.655. The number of pyridine rings is 1. The number of carbonyl (C=O) groups is 2. The van der Waals surface area contributed by atoms with Gasteiger partial charge >= 0.3 is 18.7 Å². The van der Waals surface area contributed by atoms with Gasteiger partial charge in [-0.2, -0.15) is 13.5 Å². The molecule has 1 saturated carbocycles. The third-order valence-corrected chi connectivity index (χ3v) is 7.34. The van der Waals surface area contributed by atoms with Crippen LogP contribution in [0, 0.1) is 11.1 Å². The van der Waals surface area contributed by atoms with Crippen LogP contribution in [0.25, 0.3) is 0 Å². The van der Waals surface area contributed by atoms with E-state index in [0.29, 0.717) is 28.4 Å². The van der Waals surface area contributed by atoms with E-state index in [-0.39, 0.29) is 34.4 Å². The molecule has 242 valence electrons. The highest BCUT2D eigenvalue weighted by molar-refractivity contribution is 6.35. The van der Waals surface area contributed by atoms with E-state index >= 15 is 0 Å². The Morgan fingerprint density at radius 2 is 1.69 bits per heavy atom. The SMILES string of the molecule is CC(C)(C)OC(=O)NC(Cc1ccccc1)C(=O)OC(Cc1c(Cl)c[n+]([O-])cc1Cl)c1ccc(OC(F)F)c(OCC2CC2)c1. The summed E-state index contributed by atoms with van der Waals surface area (Å²) in [5.41, 5.74) is 0.561. The number of rotatable bonds is 13. The number of aromatic nitrogens is 1. The van der Waals surface area contributed by atoms with Gasteiger partial charge < -0.3 is 29.5 Å². The average Bonchev–Trinajstić information content (AvgIpc) is 3.77. The zero-order valence-corrected chi connectivity index (χ0v) is 26.4. The summed E-state index contributed by atoms with van der Waals surface area (Å²) in [6.45, 7) is 2.28. The van der Waals surface area contributed by atoms with Crippen molar-refractivity contribution in [1.82, 2.24) is 5.32 Å². The number of halogens is 4. The normalized spacial score (nSPS) is 14.4. The molecule has 1 heterocycles. The number of amides is 1. The van der Waals surface area contributed by atoms with E-state index in [1.165, 1.54) is 18.2 Å². The Morgan fingerprint density at radius 1 is 1.02 bits per heavy atom. The topological polar surface area (TPSA) is 110 Å². The van der Waals surface area contributed by atoms with Crippen LogP contribution in [0.4, 0.5) is 13.6 Å². The number of alkyl halides is 2. The van der Waals surface area contributed by atoms with Crippen molar-refractivity contribution in [2.75, 3.05) is 6.61 Å². The molecular weight excluding hydrogens is 633 g/mol. The van der Waals surface area contributed by atoms with Crippen molar-refractivity contribution in [2.45, 2.75) is 70.8 Å². The quantitative estimate of drug-likeness (QED) is 0.119. The van der Waals surface area contributed by atoms with Crippen molar-refractivity contribution in [3.05, 3.63) is 92.9 Å². The fourth-order valence-electron chi connectivity index (χ4n) is 4.38. The third-order valence-electron chi connectivity index (χ3n) is 6.69. The predicted molar refractivity (Wildman–Crippen MR) is 163 cm³/mol. The van der Waals surface area contributed by atoms with Crippen molar-refractivity contribution < 1.29 is 42.0 Å². The van der Waals surface area contributed by atoms with E-state index in [1.54, 1.807) is 45.0 Å². The summed E-state index contributed by atoms with van der Waals surface area (Å²) in [7, 11) is 0. The van der Waals surface area contributed by atoms with Gasteiger partial charge in [0.2, 0.25) is 0 Å². The molecule has 3 aromatic rings. The van der Waals surface area contributed by atoms with E-state index in [2.05, 4.69) is 10.1 Å². The van der Waals surface area contributed by atoms with Gasteiger partial charge in [-0.25, -0.2) is 9.59 Å². The lowest BCUT2D eigenvalue weighted by Gasteiger charge is -2.26. The van der Waals surface area contributed by atoms with Crippen LogP contribution >= 0.6 is 23.2 Å². The fourth-order valence-corrected chi connectivity index (χ4v) is 4.98. The van der Waals surface area contributed by atoms with Crippen molar-refractivity contribution in [2.24, 2.45) is 5.92 Å². The largest absolute Gasteiger partial charge is 0.619 e. The summed E-state index contributed by atoms with van der Waals surface area (Å²) >= 11 is 12.7. The number of nitrogens with one attached hydrogen (secondary N) is 1. The van der Waals surface area contributed by atoms with Crippen LogP contribution in [0.5, 0.6) is 11.5 Å². The first-order valence-corrected chi connectivity index (χ1v) is 15.0. The van der Waals surface area contributed by atoms with Crippen molar-refractivity contribution in [3.63, 3.8) is 0 Å². The molecule has 1 N–H and O–H groups in total. The standard InChI is InChI=1S/C32H34Cl2F2N2O7/c1-32(2,3)45-31(40)37-25(13-19-7-5-4-6-8-19)29(39)43-27(15-22-23(33)16-38(41)17-24(22)34)21-11-12-26(44-30(35)36)28(14-21)42-18-20-9-10-20/h4-8,11-12,14,16-17,20,25,27,30H,9-10,13,15,18H2,1-3H3,(H,37,40). The second-order valence-corrected chi connectivity index (χ2v) is 12.5. The van der Waals surface area contributed by atoms with Crippen LogP contribution in [0.15, 0.2) is 60.9 Å². The van der Waals surface area contributed by atoms with Gasteiger partial charge in [-0.1, -0.05) is 59.6 Å². The lowest BCUT2D eigenvalue weighted by molar-refractivity contribution is -0.605. The van der Waals surface area contributed by atoms with Crippen LogP contribution in [-0.4, -0.2) is 36.9 Å². The molecule has 2 unspecified atom stereocenters. The summed E-state index contributed by atoms with van der Waals surface area (Å²) in [6, 6.07) is 12.0. The van der Waals surface area contributed by atoms with Crippen molar-refractivity contribution in [3.8, 4) is 11.5 Å². The average molecular weight is 668 g/mol. The number of benzene rings is 2. The molecule has 1 amide bonds. The number of carbonyl (C=O) groups excluding carboxylic acids is 2. The summed E-state index contributed by atoms with van der Waals surface area (Å²) < 4.78 is 48.7. The maximum Gasteiger partial charge on any atom is 0.408 e. The first kappa shape index (κ1) is 34.1. The van der Waals surface area contributed by atoms with E-state index in [9.17, 15) is 23.6 Å². The van der Waals surface area contributed by atoms with Gasteiger partial charge in [-0.3, -0.25) is 0 Å². The van der Waals surface area contributed by atoms with Crippen molar-refractivity contribution in [1.29, 1.82) is 0 Å². The number of ether oxygens (including phenoxy) is 4. The molecule has 0 radical (unpaired) electrons. The number of nitrogens with zero attached hydrogens (tertiary/aromatic N) is 1. The third kappa shape index (κ3) is 10.6. The number of esters is 1. The molecule has 0 aliphatic heterocycles. The number of hydrogen-bond acceptors (Lipinski definition) is 7. The van der Waals surface area contributed by atoms with Gasteiger partial charge in [0, 0.05) is 18.4 Å². The minimum atomic E-state index is -3.09. The molecule has 1 fully saturated rings. The molecular formula is C32H34Cl2F2N2O7. The second-order valence-electron chi connectivity index (χ2n) is 11.6. The number of alkyl carbamates (subject to hydrolysis) is 1. The van der Waals surface area contributed by atoms with Gasteiger partial charge in [0.15, 0.2) is 23.9 Å². The fraction of sp³-hybridized carbons (Fsp3) is 0.406. The highest BCUT2D eigenvalue weighted by Crippen LogP contribution is 2.38. The number of hydrogen-bond donors (Lipinski definition) is 1. The monoisotopic (exact) mass is 666 g/mol. The maximum atomic E-state index is 13.8. The molecule has 4 rings (SSSR count).